The smallest absolute Gasteiger partial charge is 0.406 e. The summed E-state index contributed by atoms with van der Waals surface area (Å²) in [6, 6.07) is 5.72. The van der Waals surface area contributed by atoms with Gasteiger partial charge in [0.15, 0.2) is 0 Å². The largest absolute Gasteiger partial charge is 0.573 e. The van der Waals surface area contributed by atoms with Crippen molar-refractivity contribution in [2.45, 2.75) is 44.5 Å². The number of halogens is 3. The maximum absolute atomic E-state index is 12.1. The Balaban J connectivity index is 2.09. The monoisotopic (exact) mass is 301 g/mol. The molecular weight excluding hydrogens is 283 g/mol. The van der Waals surface area contributed by atoms with Crippen LogP contribution in [0.3, 0.4) is 0 Å². The van der Waals surface area contributed by atoms with Crippen LogP contribution in [0.25, 0.3) is 0 Å². The van der Waals surface area contributed by atoms with Crippen molar-refractivity contribution in [1.29, 1.82) is 0 Å². The number of hydrogen-bond donors (Lipinski definition) is 2. The molecule has 0 atom stereocenters. The van der Waals surface area contributed by atoms with Crippen molar-refractivity contribution in [2.75, 3.05) is 0 Å². The molecule has 0 amide bonds. The van der Waals surface area contributed by atoms with E-state index in [1.54, 1.807) is 0 Å². The minimum absolute atomic E-state index is 0.218. The van der Waals surface area contributed by atoms with Gasteiger partial charge >= 0.3 is 6.36 Å². The second kappa shape index (κ2) is 6.80. The first-order valence-electron chi connectivity index (χ1n) is 6.88. The molecule has 3 N–H and O–H groups in total. The average molecular weight is 301 g/mol. The van der Waals surface area contributed by atoms with Crippen LogP contribution in [0, 0.1) is 0 Å². The Kier molecular flexibility index (Phi) is 5.06. The van der Waals surface area contributed by atoms with Crippen molar-refractivity contribution in [3.8, 4) is 5.75 Å². The molecule has 0 saturated heterocycles. The van der Waals surface area contributed by atoms with E-state index in [9.17, 15) is 13.2 Å². The van der Waals surface area contributed by atoms with Gasteiger partial charge in [0.1, 0.15) is 11.6 Å². The van der Waals surface area contributed by atoms with Crippen molar-refractivity contribution in [1.82, 2.24) is 5.43 Å². The maximum Gasteiger partial charge on any atom is 0.573 e. The lowest BCUT2D eigenvalue weighted by Gasteiger charge is -2.19. The summed E-state index contributed by atoms with van der Waals surface area (Å²) in [6.45, 7) is 0. The minimum Gasteiger partial charge on any atom is -0.406 e. The molecule has 21 heavy (non-hydrogen) atoms. The van der Waals surface area contributed by atoms with E-state index >= 15 is 0 Å². The third-order valence-electron chi connectivity index (χ3n) is 3.38. The number of benzene rings is 1. The molecule has 1 aromatic rings. The van der Waals surface area contributed by atoms with Crippen LogP contribution in [0.2, 0.25) is 0 Å². The van der Waals surface area contributed by atoms with Gasteiger partial charge in [0, 0.05) is 5.56 Å². The summed E-state index contributed by atoms with van der Waals surface area (Å²) in [5.74, 6) is 5.69. The van der Waals surface area contributed by atoms with E-state index in [1.165, 1.54) is 30.7 Å². The van der Waals surface area contributed by atoms with Crippen molar-refractivity contribution >= 4 is 5.84 Å². The van der Waals surface area contributed by atoms with Crippen molar-refractivity contribution in [3.63, 3.8) is 0 Å². The predicted molar refractivity (Wildman–Crippen MR) is 73.9 cm³/mol. The summed E-state index contributed by atoms with van der Waals surface area (Å²) < 4.78 is 40.1. The van der Waals surface area contributed by atoms with Crippen molar-refractivity contribution in [2.24, 2.45) is 10.8 Å². The van der Waals surface area contributed by atoms with Gasteiger partial charge in [-0.3, -0.25) is 4.99 Å². The van der Waals surface area contributed by atoms with E-state index in [0.717, 1.165) is 25.7 Å². The number of hydrazine groups is 1. The topological polar surface area (TPSA) is 59.6 Å². The van der Waals surface area contributed by atoms with Gasteiger partial charge in [0.05, 0.1) is 6.04 Å². The van der Waals surface area contributed by atoms with Gasteiger partial charge in [-0.15, -0.1) is 13.2 Å². The van der Waals surface area contributed by atoms with Gasteiger partial charge in [-0.1, -0.05) is 19.3 Å². The van der Waals surface area contributed by atoms with Gasteiger partial charge in [-0.25, -0.2) is 5.84 Å². The number of aliphatic imine (C=N–C) groups is 1. The highest BCUT2D eigenvalue weighted by Gasteiger charge is 2.31. The van der Waals surface area contributed by atoms with Gasteiger partial charge < -0.3 is 10.2 Å². The van der Waals surface area contributed by atoms with Gasteiger partial charge in [0.2, 0.25) is 0 Å². The second-order valence-corrected chi connectivity index (χ2v) is 4.99. The van der Waals surface area contributed by atoms with Gasteiger partial charge in [-0.05, 0) is 37.1 Å². The molecule has 7 heteroatoms. The summed E-state index contributed by atoms with van der Waals surface area (Å²) in [7, 11) is 0. The Morgan fingerprint density at radius 1 is 1.14 bits per heavy atom. The third-order valence-corrected chi connectivity index (χ3v) is 3.38. The molecule has 1 aromatic carbocycles. The zero-order chi connectivity index (χ0) is 15.3. The first-order chi connectivity index (χ1) is 9.98. The van der Waals surface area contributed by atoms with Crippen LogP contribution in [-0.2, 0) is 0 Å². The number of alkyl halides is 3. The van der Waals surface area contributed by atoms with Crippen molar-refractivity contribution in [3.05, 3.63) is 29.8 Å². The molecule has 1 aliphatic rings. The first-order valence-corrected chi connectivity index (χ1v) is 6.88. The van der Waals surface area contributed by atoms with E-state index in [1.807, 2.05) is 0 Å². The molecule has 0 radical (unpaired) electrons. The van der Waals surface area contributed by atoms with Crippen LogP contribution in [0.5, 0.6) is 5.75 Å². The van der Waals surface area contributed by atoms with E-state index in [0.29, 0.717) is 11.4 Å². The number of amidine groups is 1. The normalized spacial score (nSPS) is 17.6. The fourth-order valence-corrected chi connectivity index (χ4v) is 2.40. The quantitative estimate of drug-likeness (QED) is 0.390. The average Bonchev–Trinajstić information content (AvgIpc) is 2.45. The van der Waals surface area contributed by atoms with Gasteiger partial charge in [0.25, 0.3) is 0 Å². The Morgan fingerprint density at radius 3 is 2.29 bits per heavy atom. The summed E-state index contributed by atoms with van der Waals surface area (Å²) in [6.07, 6.45) is 0.850. The fourth-order valence-electron chi connectivity index (χ4n) is 2.40. The number of hydrogen-bond acceptors (Lipinski definition) is 3. The number of nitrogens with one attached hydrogen (secondary N) is 1. The highest BCUT2D eigenvalue weighted by molar-refractivity contribution is 5.98. The molecule has 0 aromatic heterocycles. The second-order valence-electron chi connectivity index (χ2n) is 4.99. The Bertz CT molecular complexity index is 479. The van der Waals surface area contributed by atoms with Crippen LogP contribution in [0.1, 0.15) is 37.7 Å². The molecule has 0 spiro atoms. The fraction of sp³-hybridized carbons (Fsp3) is 0.500. The summed E-state index contributed by atoms with van der Waals surface area (Å²) in [4.78, 5) is 4.55. The molecule has 1 fully saturated rings. The zero-order valence-corrected chi connectivity index (χ0v) is 11.5. The Morgan fingerprint density at radius 2 is 1.76 bits per heavy atom. The molecular formula is C14H18F3N3O. The molecule has 0 aliphatic heterocycles. The van der Waals surface area contributed by atoms with E-state index in [2.05, 4.69) is 15.2 Å². The molecule has 0 unspecified atom stereocenters. The minimum atomic E-state index is -4.69. The Hall–Kier alpha value is -1.76. The highest BCUT2D eigenvalue weighted by Crippen LogP contribution is 2.24. The van der Waals surface area contributed by atoms with Crippen LogP contribution < -0.4 is 16.0 Å². The number of nitrogens with two attached hydrogens (primary N) is 1. The number of ether oxygens (including phenoxy) is 1. The third kappa shape index (κ3) is 4.93. The Labute approximate surface area is 121 Å². The predicted octanol–water partition coefficient (Wildman–Crippen LogP) is 3.13. The molecule has 116 valence electrons. The highest BCUT2D eigenvalue weighted by atomic mass is 19.4. The van der Waals surface area contributed by atoms with E-state index < -0.39 is 6.36 Å². The van der Waals surface area contributed by atoms with Crippen LogP contribution in [0.15, 0.2) is 29.3 Å². The molecule has 2 rings (SSSR count). The lowest BCUT2D eigenvalue weighted by Crippen LogP contribution is -2.32. The summed E-state index contributed by atoms with van der Waals surface area (Å²) in [5, 5.41) is 0. The molecule has 0 heterocycles. The summed E-state index contributed by atoms with van der Waals surface area (Å²) in [5.41, 5.74) is 3.16. The van der Waals surface area contributed by atoms with Crippen molar-refractivity contribution < 1.29 is 17.9 Å². The maximum atomic E-state index is 12.1. The van der Waals surface area contributed by atoms with E-state index in [-0.39, 0.29) is 11.8 Å². The summed E-state index contributed by atoms with van der Waals surface area (Å²) >= 11 is 0. The number of nitrogens with zero attached hydrogens (tertiary/aromatic N) is 1. The molecule has 1 aliphatic carbocycles. The molecule has 0 bridgehead atoms. The van der Waals surface area contributed by atoms with Crippen LogP contribution >= 0.6 is 0 Å². The zero-order valence-electron chi connectivity index (χ0n) is 11.5. The van der Waals surface area contributed by atoms with E-state index in [4.69, 9.17) is 5.84 Å². The van der Waals surface area contributed by atoms with Crippen LogP contribution in [0.4, 0.5) is 13.2 Å². The number of rotatable bonds is 3. The standard InChI is InChI=1S/C14H18F3N3O/c15-14(16,17)21-12-8-6-10(7-9-12)13(20-18)19-11-4-2-1-3-5-11/h6-9,11H,1-5,18H2,(H,19,20). The van der Waals surface area contributed by atoms with Gasteiger partial charge in [-0.2, -0.15) is 0 Å². The molecule has 4 nitrogen and oxygen atoms in total. The SMILES string of the molecule is NNC(=NC1CCCCC1)c1ccc(OC(F)(F)F)cc1. The lowest BCUT2D eigenvalue weighted by atomic mass is 9.96. The first kappa shape index (κ1) is 15.6. The lowest BCUT2D eigenvalue weighted by molar-refractivity contribution is -0.274. The molecule has 1 saturated carbocycles. The van der Waals surface area contributed by atoms with Crippen LogP contribution in [-0.4, -0.2) is 18.2 Å².